The lowest BCUT2D eigenvalue weighted by atomic mass is 9.99. The van der Waals surface area contributed by atoms with Gasteiger partial charge < -0.3 is 39.4 Å². The quantitative estimate of drug-likeness (QED) is 0.0277. The zero-order valence-electron chi connectivity index (χ0n) is 34.5. The first kappa shape index (κ1) is 50.4. The van der Waals surface area contributed by atoms with E-state index in [2.05, 4.69) is 50.3 Å². The lowest BCUT2D eigenvalue weighted by molar-refractivity contribution is -0.305. The van der Waals surface area contributed by atoms with Gasteiger partial charge in [0.2, 0.25) is 0 Å². The number of hydrogen-bond acceptors (Lipinski definition) is 9. The number of esters is 1. The fourth-order valence-electron chi connectivity index (χ4n) is 6.52. The standard InChI is InChI=1S/C45H82O9/c1-3-5-7-9-11-13-15-17-19-21-23-25-27-29-31-33-35-51-37-39(38-52-45-44(50)43(49)42(48)40(36-46)54-45)53-41(47)34-32-30-28-26-24-22-20-18-16-14-12-10-8-6-4-2/h12,14,17-20,39-40,42-46,48-50H,3-11,13,15-16,21-38H2,1-2H3/b14-12-,19-17-,20-18-. The summed E-state index contributed by atoms with van der Waals surface area (Å²) in [6, 6.07) is 0. The van der Waals surface area contributed by atoms with Crippen LogP contribution in [0.1, 0.15) is 181 Å². The molecule has 0 aliphatic carbocycles. The Hall–Kier alpha value is -1.59. The van der Waals surface area contributed by atoms with E-state index in [1.54, 1.807) is 0 Å². The molecule has 0 spiro atoms. The fraction of sp³-hybridized carbons (Fsp3) is 0.844. The average molecular weight is 767 g/mol. The molecule has 54 heavy (non-hydrogen) atoms. The van der Waals surface area contributed by atoms with Gasteiger partial charge in [-0.15, -0.1) is 0 Å². The van der Waals surface area contributed by atoms with E-state index in [4.69, 9.17) is 18.9 Å². The molecule has 9 nitrogen and oxygen atoms in total. The second-order valence-corrected chi connectivity index (χ2v) is 15.1. The van der Waals surface area contributed by atoms with E-state index in [9.17, 15) is 25.2 Å². The highest BCUT2D eigenvalue weighted by molar-refractivity contribution is 5.69. The Balaban J connectivity index is 2.29. The molecule has 0 aromatic heterocycles. The first-order valence-corrected chi connectivity index (χ1v) is 22.1. The smallest absolute Gasteiger partial charge is 0.306 e. The van der Waals surface area contributed by atoms with Crippen molar-refractivity contribution < 1.29 is 44.2 Å². The summed E-state index contributed by atoms with van der Waals surface area (Å²) < 4.78 is 22.8. The molecule has 1 heterocycles. The SMILES string of the molecule is CCCCC/C=C\C/C=C\CCCCCCCC(=O)OC(COCCCCCCCC/C=C\CCCCCCCC)COC1OC(CO)C(O)C(O)C1O. The van der Waals surface area contributed by atoms with Crippen molar-refractivity contribution in [2.24, 2.45) is 0 Å². The normalized spacial score (nSPS) is 21.2. The third kappa shape index (κ3) is 27.9. The van der Waals surface area contributed by atoms with Crippen molar-refractivity contribution in [3.8, 4) is 0 Å². The van der Waals surface area contributed by atoms with Crippen LogP contribution in [0.15, 0.2) is 36.5 Å². The van der Waals surface area contributed by atoms with Gasteiger partial charge in [0.05, 0.1) is 19.8 Å². The van der Waals surface area contributed by atoms with Crippen molar-refractivity contribution in [1.82, 2.24) is 0 Å². The van der Waals surface area contributed by atoms with Crippen LogP contribution in [0.5, 0.6) is 0 Å². The van der Waals surface area contributed by atoms with Crippen LogP contribution in [0, 0.1) is 0 Å². The number of unbranched alkanes of at least 4 members (excludes halogenated alkanes) is 20. The topological polar surface area (TPSA) is 135 Å². The number of allylic oxidation sites excluding steroid dienone is 6. The van der Waals surface area contributed by atoms with Gasteiger partial charge in [0.25, 0.3) is 0 Å². The monoisotopic (exact) mass is 767 g/mol. The second-order valence-electron chi connectivity index (χ2n) is 15.1. The number of rotatable bonds is 37. The van der Waals surface area contributed by atoms with Gasteiger partial charge in [-0.1, -0.05) is 140 Å². The summed E-state index contributed by atoms with van der Waals surface area (Å²) in [5.74, 6) is -0.330. The van der Waals surface area contributed by atoms with Crippen molar-refractivity contribution in [1.29, 1.82) is 0 Å². The van der Waals surface area contributed by atoms with E-state index in [-0.39, 0.29) is 19.2 Å². The molecule has 6 atom stereocenters. The highest BCUT2D eigenvalue weighted by Crippen LogP contribution is 2.22. The van der Waals surface area contributed by atoms with E-state index in [1.165, 1.54) is 96.3 Å². The van der Waals surface area contributed by atoms with Gasteiger partial charge in [0.1, 0.15) is 30.5 Å². The van der Waals surface area contributed by atoms with Gasteiger partial charge >= 0.3 is 5.97 Å². The number of ether oxygens (including phenoxy) is 4. The Bertz CT molecular complexity index is 921. The fourth-order valence-corrected chi connectivity index (χ4v) is 6.52. The summed E-state index contributed by atoms with van der Waals surface area (Å²) in [6.07, 6.45) is 35.9. The summed E-state index contributed by atoms with van der Waals surface area (Å²) >= 11 is 0. The second kappa shape index (κ2) is 37.0. The summed E-state index contributed by atoms with van der Waals surface area (Å²) in [6.45, 7) is 4.50. The van der Waals surface area contributed by atoms with E-state index in [1.807, 2.05) is 0 Å². The summed E-state index contributed by atoms with van der Waals surface area (Å²) in [5.41, 5.74) is 0. The van der Waals surface area contributed by atoms with Crippen molar-refractivity contribution in [2.45, 2.75) is 218 Å². The third-order valence-corrected chi connectivity index (χ3v) is 10.0. The van der Waals surface area contributed by atoms with Gasteiger partial charge in [-0.05, 0) is 70.6 Å². The highest BCUT2D eigenvalue weighted by Gasteiger charge is 2.44. The Morgan fingerprint density at radius 3 is 1.65 bits per heavy atom. The minimum absolute atomic E-state index is 0.121. The minimum atomic E-state index is -1.54. The molecule has 1 saturated heterocycles. The maximum atomic E-state index is 12.7. The largest absolute Gasteiger partial charge is 0.457 e. The van der Waals surface area contributed by atoms with Crippen LogP contribution in [-0.2, 0) is 23.7 Å². The molecule has 1 fully saturated rings. The molecule has 6 unspecified atom stereocenters. The summed E-state index contributed by atoms with van der Waals surface area (Å²) in [5, 5.41) is 40.1. The Labute approximate surface area is 330 Å². The van der Waals surface area contributed by atoms with Crippen LogP contribution in [0.2, 0.25) is 0 Å². The molecule has 0 amide bonds. The van der Waals surface area contributed by atoms with Gasteiger partial charge in [0.15, 0.2) is 6.29 Å². The number of aliphatic hydroxyl groups is 4. The molecule has 0 bridgehead atoms. The molecule has 9 heteroatoms. The average Bonchev–Trinajstić information content (AvgIpc) is 3.17. The minimum Gasteiger partial charge on any atom is -0.457 e. The molecule has 0 radical (unpaired) electrons. The third-order valence-electron chi connectivity index (χ3n) is 10.0. The van der Waals surface area contributed by atoms with Crippen molar-refractivity contribution in [2.75, 3.05) is 26.4 Å². The first-order chi connectivity index (χ1) is 26.4. The van der Waals surface area contributed by atoms with Crippen LogP contribution in [0.3, 0.4) is 0 Å². The summed E-state index contributed by atoms with van der Waals surface area (Å²) in [7, 11) is 0. The molecule has 1 aliphatic heterocycles. The van der Waals surface area contributed by atoms with Crippen LogP contribution in [0.25, 0.3) is 0 Å². The predicted molar refractivity (Wildman–Crippen MR) is 219 cm³/mol. The molecule has 0 aromatic carbocycles. The van der Waals surface area contributed by atoms with Crippen LogP contribution < -0.4 is 0 Å². The van der Waals surface area contributed by atoms with Gasteiger partial charge in [-0.25, -0.2) is 0 Å². The molecular weight excluding hydrogens is 684 g/mol. The molecule has 1 aliphatic rings. The summed E-state index contributed by atoms with van der Waals surface area (Å²) in [4.78, 5) is 12.7. The number of carbonyl (C=O) groups is 1. The molecular formula is C45H82O9. The lowest BCUT2D eigenvalue weighted by Crippen LogP contribution is -2.59. The Morgan fingerprint density at radius 1 is 0.593 bits per heavy atom. The maximum Gasteiger partial charge on any atom is 0.306 e. The Morgan fingerprint density at radius 2 is 1.07 bits per heavy atom. The zero-order chi connectivity index (χ0) is 39.3. The van der Waals surface area contributed by atoms with Gasteiger partial charge in [-0.3, -0.25) is 4.79 Å². The predicted octanol–water partition coefficient (Wildman–Crippen LogP) is 9.58. The van der Waals surface area contributed by atoms with Crippen molar-refractivity contribution in [3.63, 3.8) is 0 Å². The number of hydrogen-bond donors (Lipinski definition) is 4. The lowest BCUT2D eigenvalue weighted by Gasteiger charge is -2.39. The maximum absolute atomic E-state index is 12.7. The molecule has 4 N–H and O–H groups in total. The van der Waals surface area contributed by atoms with E-state index in [0.717, 1.165) is 64.2 Å². The van der Waals surface area contributed by atoms with Gasteiger partial charge in [-0.2, -0.15) is 0 Å². The highest BCUT2D eigenvalue weighted by atomic mass is 16.7. The molecule has 0 aromatic rings. The molecule has 316 valence electrons. The van der Waals surface area contributed by atoms with Crippen LogP contribution in [-0.4, -0.2) is 89.6 Å². The number of aliphatic hydroxyl groups excluding tert-OH is 4. The van der Waals surface area contributed by atoms with E-state index >= 15 is 0 Å². The first-order valence-electron chi connectivity index (χ1n) is 22.1. The van der Waals surface area contributed by atoms with E-state index < -0.39 is 43.4 Å². The van der Waals surface area contributed by atoms with Crippen LogP contribution in [0.4, 0.5) is 0 Å². The molecule has 1 rings (SSSR count). The van der Waals surface area contributed by atoms with Gasteiger partial charge in [0, 0.05) is 13.0 Å². The van der Waals surface area contributed by atoms with Crippen molar-refractivity contribution in [3.05, 3.63) is 36.5 Å². The zero-order valence-corrected chi connectivity index (χ0v) is 34.5. The number of carbonyl (C=O) groups excluding carboxylic acids is 1. The molecule has 0 saturated carbocycles. The van der Waals surface area contributed by atoms with E-state index in [0.29, 0.717) is 13.0 Å². The van der Waals surface area contributed by atoms with Crippen LogP contribution >= 0.6 is 0 Å². The Kier molecular flexibility index (Phi) is 34.6. The van der Waals surface area contributed by atoms with Crippen molar-refractivity contribution >= 4 is 5.97 Å².